The van der Waals surface area contributed by atoms with Gasteiger partial charge in [0.25, 0.3) is 5.91 Å². The molecule has 2 N–H and O–H groups in total. The van der Waals surface area contributed by atoms with Gasteiger partial charge in [-0.3, -0.25) is 9.78 Å². The van der Waals surface area contributed by atoms with E-state index in [-0.39, 0.29) is 11.7 Å². The fraction of sp³-hybridized carbons (Fsp3) is 0.200. The average molecular weight is 365 g/mol. The fourth-order valence-corrected chi connectivity index (χ4v) is 2.51. The highest BCUT2D eigenvalue weighted by Gasteiger charge is 2.10. The standard InChI is InChI=1S/C20H20FN5O/c1-14-12-18(19(27)23-11-8-15-2-4-17(21)5-3-15)26-20(25-14)24-13-16-6-9-22-10-7-16/h2-7,9-10,12H,8,11,13H2,1H3,(H,23,27)(H,24,25,26). The summed E-state index contributed by atoms with van der Waals surface area (Å²) in [6.07, 6.45) is 4.05. The molecule has 0 aliphatic heterocycles. The molecular weight excluding hydrogens is 345 g/mol. The molecule has 1 amide bonds. The summed E-state index contributed by atoms with van der Waals surface area (Å²) in [6, 6.07) is 11.7. The molecule has 6 nitrogen and oxygen atoms in total. The van der Waals surface area contributed by atoms with Gasteiger partial charge in [0, 0.05) is 31.2 Å². The summed E-state index contributed by atoms with van der Waals surface area (Å²) < 4.78 is 12.9. The first-order valence-electron chi connectivity index (χ1n) is 8.61. The van der Waals surface area contributed by atoms with Crippen molar-refractivity contribution in [3.8, 4) is 0 Å². The molecule has 0 spiro atoms. The van der Waals surface area contributed by atoms with Gasteiger partial charge in [-0.15, -0.1) is 0 Å². The molecule has 27 heavy (non-hydrogen) atoms. The Morgan fingerprint density at radius 1 is 1.04 bits per heavy atom. The summed E-state index contributed by atoms with van der Waals surface area (Å²) >= 11 is 0. The lowest BCUT2D eigenvalue weighted by atomic mass is 10.1. The van der Waals surface area contributed by atoms with Crippen molar-refractivity contribution in [2.75, 3.05) is 11.9 Å². The zero-order valence-electron chi connectivity index (χ0n) is 14.9. The second-order valence-corrected chi connectivity index (χ2v) is 6.06. The highest BCUT2D eigenvalue weighted by molar-refractivity contribution is 5.92. The summed E-state index contributed by atoms with van der Waals surface area (Å²) in [5.74, 6) is -0.142. The van der Waals surface area contributed by atoms with Crippen molar-refractivity contribution in [3.05, 3.63) is 83.2 Å². The lowest BCUT2D eigenvalue weighted by molar-refractivity contribution is 0.0949. The maximum absolute atomic E-state index is 12.9. The Morgan fingerprint density at radius 2 is 1.78 bits per heavy atom. The minimum absolute atomic E-state index is 0.269. The van der Waals surface area contributed by atoms with Gasteiger partial charge in [-0.25, -0.2) is 14.4 Å². The van der Waals surface area contributed by atoms with E-state index in [1.165, 1.54) is 12.1 Å². The molecule has 0 bridgehead atoms. The van der Waals surface area contributed by atoms with Gasteiger partial charge in [0.2, 0.25) is 5.95 Å². The Balaban J connectivity index is 1.57. The van der Waals surface area contributed by atoms with Gasteiger partial charge in [0.1, 0.15) is 11.5 Å². The number of aryl methyl sites for hydroxylation is 1. The molecule has 0 saturated heterocycles. The van der Waals surface area contributed by atoms with Crippen LogP contribution in [0.1, 0.15) is 27.3 Å². The smallest absolute Gasteiger partial charge is 0.270 e. The van der Waals surface area contributed by atoms with Crippen molar-refractivity contribution in [3.63, 3.8) is 0 Å². The molecule has 0 aliphatic carbocycles. The molecule has 3 rings (SSSR count). The largest absolute Gasteiger partial charge is 0.350 e. The topological polar surface area (TPSA) is 79.8 Å². The Bertz CT molecular complexity index is 900. The summed E-state index contributed by atoms with van der Waals surface area (Å²) in [5, 5.41) is 5.95. The summed E-state index contributed by atoms with van der Waals surface area (Å²) in [6.45, 7) is 2.79. The van der Waals surface area contributed by atoms with E-state index in [4.69, 9.17) is 0 Å². The van der Waals surface area contributed by atoms with E-state index in [1.54, 1.807) is 30.6 Å². The average Bonchev–Trinajstić information content (AvgIpc) is 2.68. The van der Waals surface area contributed by atoms with Crippen LogP contribution < -0.4 is 10.6 Å². The number of aromatic nitrogens is 3. The number of anilines is 1. The molecule has 0 aliphatic rings. The molecule has 2 aromatic heterocycles. The third-order valence-corrected chi connectivity index (χ3v) is 3.90. The quantitative estimate of drug-likeness (QED) is 0.673. The number of carbonyl (C=O) groups is 1. The van der Waals surface area contributed by atoms with E-state index in [0.29, 0.717) is 36.8 Å². The van der Waals surface area contributed by atoms with Gasteiger partial charge in [-0.2, -0.15) is 0 Å². The molecule has 3 aromatic rings. The van der Waals surface area contributed by atoms with Crippen LogP contribution in [0, 0.1) is 12.7 Å². The van der Waals surface area contributed by atoms with Crippen molar-refractivity contribution < 1.29 is 9.18 Å². The Kier molecular flexibility index (Phi) is 6.04. The maximum atomic E-state index is 12.9. The summed E-state index contributed by atoms with van der Waals surface area (Å²) in [4.78, 5) is 24.9. The highest BCUT2D eigenvalue weighted by Crippen LogP contribution is 2.08. The normalized spacial score (nSPS) is 10.4. The monoisotopic (exact) mass is 365 g/mol. The molecule has 0 unspecified atom stereocenters. The molecule has 0 atom stereocenters. The first-order valence-corrected chi connectivity index (χ1v) is 8.61. The number of halogens is 1. The number of nitrogens with zero attached hydrogens (tertiary/aromatic N) is 3. The Hall–Kier alpha value is -3.35. The van der Waals surface area contributed by atoms with Crippen LogP contribution in [-0.4, -0.2) is 27.4 Å². The first kappa shape index (κ1) is 18.4. The number of pyridine rings is 1. The van der Waals surface area contributed by atoms with Gasteiger partial charge in [0.15, 0.2) is 0 Å². The van der Waals surface area contributed by atoms with Crippen LogP contribution >= 0.6 is 0 Å². The summed E-state index contributed by atoms with van der Waals surface area (Å²) in [5.41, 5.74) is 3.00. The molecule has 138 valence electrons. The Labute approximate surface area is 156 Å². The first-order chi connectivity index (χ1) is 13.1. The number of benzene rings is 1. The zero-order chi connectivity index (χ0) is 19.1. The molecule has 0 fully saturated rings. The number of rotatable bonds is 7. The minimum atomic E-state index is -0.272. The van der Waals surface area contributed by atoms with Crippen LogP contribution in [0.4, 0.5) is 10.3 Å². The number of carbonyl (C=O) groups excluding carboxylic acids is 1. The van der Waals surface area contributed by atoms with Gasteiger partial charge in [0.05, 0.1) is 0 Å². The highest BCUT2D eigenvalue weighted by atomic mass is 19.1. The van der Waals surface area contributed by atoms with Gasteiger partial charge in [-0.1, -0.05) is 12.1 Å². The van der Waals surface area contributed by atoms with Crippen molar-refractivity contribution in [1.82, 2.24) is 20.3 Å². The van der Waals surface area contributed by atoms with Crippen LogP contribution in [0.5, 0.6) is 0 Å². The molecular formula is C20H20FN5O. The molecule has 7 heteroatoms. The molecule has 0 radical (unpaired) electrons. The predicted molar refractivity (Wildman–Crippen MR) is 101 cm³/mol. The number of hydrogen-bond acceptors (Lipinski definition) is 5. The number of nitrogens with one attached hydrogen (secondary N) is 2. The third kappa shape index (κ3) is 5.57. The van der Waals surface area contributed by atoms with Crippen molar-refractivity contribution in [2.45, 2.75) is 19.9 Å². The molecule has 2 heterocycles. The SMILES string of the molecule is Cc1cc(C(=O)NCCc2ccc(F)cc2)nc(NCc2ccncc2)n1. The second kappa shape index (κ2) is 8.84. The van der Waals surface area contributed by atoms with Crippen molar-refractivity contribution in [1.29, 1.82) is 0 Å². The lowest BCUT2D eigenvalue weighted by Gasteiger charge is -2.09. The number of amides is 1. The van der Waals surface area contributed by atoms with E-state index in [0.717, 1.165) is 11.1 Å². The second-order valence-electron chi connectivity index (χ2n) is 6.06. The van der Waals surface area contributed by atoms with E-state index in [2.05, 4.69) is 25.6 Å². The number of hydrogen-bond donors (Lipinski definition) is 2. The minimum Gasteiger partial charge on any atom is -0.350 e. The van der Waals surface area contributed by atoms with E-state index in [1.807, 2.05) is 19.1 Å². The van der Waals surface area contributed by atoms with Gasteiger partial charge >= 0.3 is 0 Å². The molecule has 1 aromatic carbocycles. The van der Waals surface area contributed by atoms with Gasteiger partial charge < -0.3 is 10.6 Å². The Morgan fingerprint density at radius 3 is 2.52 bits per heavy atom. The summed E-state index contributed by atoms with van der Waals surface area (Å²) in [7, 11) is 0. The lowest BCUT2D eigenvalue weighted by Crippen LogP contribution is -2.27. The van der Waals surface area contributed by atoms with Crippen LogP contribution in [0.3, 0.4) is 0 Å². The third-order valence-electron chi connectivity index (χ3n) is 3.90. The zero-order valence-corrected chi connectivity index (χ0v) is 14.9. The van der Waals surface area contributed by atoms with E-state index < -0.39 is 0 Å². The maximum Gasteiger partial charge on any atom is 0.270 e. The van der Waals surface area contributed by atoms with Crippen LogP contribution in [0.25, 0.3) is 0 Å². The van der Waals surface area contributed by atoms with E-state index in [9.17, 15) is 9.18 Å². The molecule has 0 saturated carbocycles. The van der Waals surface area contributed by atoms with Crippen molar-refractivity contribution in [2.24, 2.45) is 0 Å². The van der Waals surface area contributed by atoms with Crippen LogP contribution in [0.2, 0.25) is 0 Å². The van der Waals surface area contributed by atoms with Gasteiger partial charge in [-0.05, 0) is 54.8 Å². The predicted octanol–water partition coefficient (Wildman–Crippen LogP) is 2.90. The van der Waals surface area contributed by atoms with E-state index >= 15 is 0 Å². The van der Waals surface area contributed by atoms with Crippen LogP contribution in [-0.2, 0) is 13.0 Å². The fourth-order valence-electron chi connectivity index (χ4n) is 2.51. The van der Waals surface area contributed by atoms with Crippen molar-refractivity contribution >= 4 is 11.9 Å². The van der Waals surface area contributed by atoms with Crippen LogP contribution in [0.15, 0.2) is 54.9 Å².